The van der Waals surface area contributed by atoms with Gasteiger partial charge in [0.1, 0.15) is 0 Å². The summed E-state index contributed by atoms with van der Waals surface area (Å²) in [7, 11) is 0. The van der Waals surface area contributed by atoms with E-state index in [-0.39, 0.29) is 11.8 Å². The van der Waals surface area contributed by atoms with E-state index in [1.165, 1.54) is 4.90 Å². The van der Waals surface area contributed by atoms with Crippen LogP contribution in [0.25, 0.3) is 0 Å². The van der Waals surface area contributed by atoms with E-state index in [0.29, 0.717) is 0 Å². The van der Waals surface area contributed by atoms with Crippen molar-refractivity contribution in [2.75, 3.05) is 4.90 Å². The third kappa shape index (κ3) is 1.50. The number of hydrogen-bond acceptors (Lipinski definition) is 2. The van der Waals surface area contributed by atoms with Gasteiger partial charge in [-0.05, 0) is 44.2 Å². The van der Waals surface area contributed by atoms with Crippen LogP contribution in [0.2, 0.25) is 0 Å². The Hall–Kier alpha value is -1.90. The highest BCUT2D eigenvalue weighted by Crippen LogP contribution is 2.36. The Morgan fingerprint density at radius 2 is 1.50 bits per heavy atom. The largest absolute Gasteiger partial charge is 0.269 e. The summed E-state index contributed by atoms with van der Waals surface area (Å²) in [6.07, 6.45) is 3.53. The van der Waals surface area contributed by atoms with Gasteiger partial charge in [0.15, 0.2) is 0 Å². The molecule has 3 rings (SSSR count). The van der Waals surface area contributed by atoms with Crippen LogP contribution in [0.15, 0.2) is 35.4 Å². The van der Waals surface area contributed by atoms with E-state index in [2.05, 4.69) is 0 Å². The highest BCUT2D eigenvalue weighted by molar-refractivity contribution is 6.33. The Kier molecular flexibility index (Phi) is 2.54. The first kappa shape index (κ1) is 11.2. The maximum Gasteiger partial charge on any atom is 0.261 e. The SMILES string of the molecule is Cc1ccccc1N1C(=O)C2=C(CCCC2)C1=O. The van der Waals surface area contributed by atoms with E-state index in [0.717, 1.165) is 48.1 Å². The minimum Gasteiger partial charge on any atom is -0.269 e. The Balaban J connectivity index is 2.05. The first-order valence-electron chi connectivity index (χ1n) is 6.36. The molecule has 0 aromatic heterocycles. The summed E-state index contributed by atoms with van der Waals surface area (Å²) in [5.41, 5.74) is 3.17. The fourth-order valence-electron chi connectivity index (χ4n) is 2.77. The average Bonchev–Trinajstić information content (AvgIpc) is 2.64. The molecule has 0 bridgehead atoms. The second-order valence-corrected chi connectivity index (χ2v) is 4.90. The fraction of sp³-hybridized carbons (Fsp3) is 0.333. The molecule has 18 heavy (non-hydrogen) atoms. The normalized spacial score (nSPS) is 19.5. The van der Waals surface area contributed by atoms with E-state index in [1.807, 2.05) is 31.2 Å². The molecule has 1 aliphatic carbocycles. The summed E-state index contributed by atoms with van der Waals surface area (Å²) in [6.45, 7) is 1.92. The van der Waals surface area contributed by atoms with E-state index in [1.54, 1.807) is 0 Å². The van der Waals surface area contributed by atoms with Crippen LogP contribution in [0.3, 0.4) is 0 Å². The summed E-state index contributed by atoms with van der Waals surface area (Å²) in [5, 5.41) is 0. The van der Waals surface area contributed by atoms with Gasteiger partial charge in [-0.1, -0.05) is 18.2 Å². The number of carbonyl (C=O) groups is 2. The van der Waals surface area contributed by atoms with Gasteiger partial charge in [0.25, 0.3) is 11.8 Å². The molecule has 3 heteroatoms. The van der Waals surface area contributed by atoms with E-state index in [4.69, 9.17) is 0 Å². The van der Waals surface area contributed by atoms with Crippen molar-refractivity contribution in [1.29, 1.82) is 0 Å². The number of carbonyl (C=O) groups excluding carboxylic acids is 2. The lowest BCUT2D eigenvalue weighted by molar-refractivity contribution is -0.120. The predicted octanol–water partition coefficient (Wildman–Crippen LogP) is 2.74. The molecule has 0 N–H and O–H groups in total. The lowest BCUT2D eigenvalue weighted by Crippen LogP contribution is -2.32. The summed E-state index contributed by atoms with van der Waals surface area (Å²) in [5.74, 6) is -0.215. The molecule has 0 saturated heterocycles. The molecule has 0 spiro atoms. The Bertz CT molecular complexity index is 544. The van der Waals surface area contributed by atoms with Crippen molar-refractivity contribution in [2.45, 2.75) is 32.6 Å². The molecular weight excluding hydrogens is 226 g/mol. The quantitative estimate of drug-likeness (QED) is 0.709. The smallest absolute Gasteiger partial charge is 0.261 e. The van der Waals surface area contributed by atoms with Crippen LogP contribution in [-0.2, 0) is 9.59 Å². The van der Waals surface area contributed by atoms with Crippen LogP contribution in [-0.4, -0.2) is 11.8 Å². The third-order valence-corrected chi connectivity index (χ3v) is 3.75. The summed E-state index contributed by atoms with van der Waals surface area (Å²) in [6, 6.07) is 7.54. The third-order valence-electron chi connectivity index (χ3n) is 3.75. The second kappa shape index (κ2) is 4.09. The van der Waals surface area contributed by atoms with Gasteiger partial charge in [0.2, 0.25) is 0 Å². The minimum absolute atomic E-state index is 0.107. The predicted molar refractivity (Wildman–Crippen MR) is 69.2 cm³/mol. The highest BCUT2D eigenvalue weighted by atomic mass is 16.2. The maximum atomic E-state index is 12.4. The van der Waals surface area contributed by atoms with Crippen LogP contribution in [0, 0.1) is 6.92 Å². The fourth-order valence-corrected chi connectivity index (χ4v) is 2.77. The van der Waals surface area contributed by atoms with Crippen LogP contribution < -0.4 is 4.90 Å². The Labute approximate surface area is 106 Å². The Morgan fingerprint density at radius 1 is 0.944 bits per heavy atom. The molecule has 0 atom stereocenters. The molecule has 2 amide bonds. The lowest BCUT2D eigenvalue weighted by atomic mass is 9.93. The van der Waals surface area contributed by atoms with Crippen molar-refractivity contribution in [3.05, 3.63) is 41.0 Å². The van der Waals surface area contributed by atoms with Crippen LogP contribution in [0.4, 0.5) is 5.69 Å². The number of imide groups is 1. The van der Waals surface area contributed by atoms with Crippen LogP contribution in [0.1, 0.15) is 31.2 Å². The van der Waals surface area contributed by atoms with Crippen molar-refractivity contribution < 1.29 is 9.59 Å². The topological polar surface area (TPSA) is 37.4 Å². The number of aryl methyl sites for hydroxylation is 1. The molecule has 1 aliphatic heterocycles. The van der Waals surface area contributed by atoms with Gasteiger partial charge in [-0.25, -0.2) is 4.90 Å². The highest BCUT2D eigenvalue weighted by Gasteiger charge is 2.39. The first-order chi connectivity index (χ1) is 8.70. The van der Waals surface area contributed by atoms with Crippen molar-refractivity contribution in [3.8, 4) is 0 Å². The second-order valence-electron chi connectivity index (χ2n) is 4.90. The number of amides is 2. The summed E-state index contributed by atoms with van der Waals surface area (Å²) in [4.78, 5) is 26.1. The number of nitrogens with zero attached hydrogens (tertiary/aromatic N) is 1. The monoisotopic (exact) mass is 241 g/mol. The van der Waals surface area contributed by atoms with Gasteiger partial charge in [-0.3, -0.25) is 9.59 Å². The zero-order chi connectivity index (χ0) is 12.7. The molecule has 0 unspecified atom stereocenters. The number of para-hydroxylation sites is 1. The number of anilines is 1. The molecule has 0 fully saturated rings. The van der Waals surface area contributed by atoms with Crippen LogP contribution >= 0.6 is 0 Å². The molecule has 1 aromatic rings. The van der Waals surface area contributed by atoms with E-state index < -0.39 is 0 Å². The average molecular weight is 241 g/mol. The van der Waals surface area contributed by atoms with Gasteiger partial charge in [-0.15, -0.1) is 0 Å². The van der Waals surface area contributed by atoms with Gasteiger partial charge in [-0.2, -0.15) is 0 Å². The molecule has 92 valence electrons. The number of hydrogen-bond donors (Lipinski definition) is 0. The van der Waals surface area contributed by atoms with Crippen molar-refractivity contribution in [1.82, 2.24) is 0 Å². The summed E-state index contributed by atoms with van der Waals surface area (Å²) < 4.78 is 0. The number of rotatable bonds is 1. The molecular formula is C15H15NO2. The van der Waals surface area contributed by atoms with Gasteiger partial charge in [0.05, 0.1) is 5.69 Å². The maximum absolute atomic E-state index is 12.4. The molecule has 0 saturated carbocycles. The molecule has 1 aromatic carbocycles. The van der Waals surface area contributed by atoms with Gasteiger partial charge >= 0.3 is 0 Å². The lowest BCUT2D eigenvalue weighted by Gasteiger charge is -2.17. The van der Waals surface area contributed by atoms with Crippen molar-refractivity contribution in [3.63, 3.8) is 0 Å². The van der Waals surface area contributed by atoms with E-state index >= 15 is 0 Å². The van der Waals surface area contributed by atoms with Crippen molar-refractivity contribution >= 4 is 17.5 Å². The van der Waals surface area contributed by atoms with Gasteiger partial charge < -0.3 is 0 Å². The molecule has 3 nitrogen and oxygen atoms in total. The molecule has 1 heterocycles. The Morgan fingerprint density at radius 3 is 2.06 bits per heavy atom. The summed E-state index contributed by atoms with van der Waals surface area (Å²) >= 11 is 0. The zero-order valence-electron chi connectivity index (χ0n) is 10.4. The van der Waals surface area contributed by atoms with Crippen LogP contribution in [0.5, 0.6) is 0 Å². The zero-order valence-corrected chi connectivity index (χ0v) is 10.4. The standard InChI is InChI=1S/C15H15NO2/c1-10-6-2-5-9-13(10)16-14(17)11-7-3-4-8-12(11)15(16)18/h2,5-6,9H,3-4,7-8H2,1H3. The van der Waals surface area contributed by atoms with E-state index in [9.17, 15) is 9.59 Å². The van der Waals surface area contributed by atoms with Gasteiger partial charge in [0, 0.05) is 11.1 Å². The minimum atomic E-state index is -0.107. The van der Waals surface area contributed by atoms with Crippen molar-refractivity contribution in [2.24, 2.45) is 0 Å². The number of benzene rings is 1. The molecule has 0 radical (unpaired) electrons. The molecule has 2 aliphatic rings. The first-order valence-corrected chi connectivity index (χ1v) is 6.36.